The second-order valence-corrected chi connectivity index (χ2v) is 5.03. The summed E-state index contributed by atoms with van der Waals surface area (Å²) in [5.41, 5.74) is 9.82. The van der Waals surface area contributed by atoms with E-state index in [0.29, 0.717) is 6.54 Å². The Hall–Kier alpha value is -1.45. The minimum atomic E-state index is 0.692. The van der Waals surface area contributed by atoms with Gasteiger partial charge in [-0.3, -0.25) is 0 Å². The molecular formula is C15H18ClN3. The van der Waals surface area contributed by atoms with Crippen LogP contribution in [0.4, 0.5) is 0 Å². The number of benzene rings is 1. The molecule has 1 aromatic heterocycles. The van der Waals surface area contributed by atoms with Crippen molar-refractivity contribution in [3.8, 4) is 11.4 Å². The molecule has 0 saturated carbocycles. The molecule has 1 aromatic carbocycles. The summed E-state index contributed by atoms with van der Waals surface area (Å²) in [5, 5.41) is 0.719. The summed E-state index contributed by atoms with van der Waals surface area (Å²) in [6.45, 7) is 4.75. The highest BCUT2D eigenvalue weighted by atomic mass is 35.5. The summed E-state index contributed by atoms with van der Waals surface area (Å²) in [6.07, 6.45) is 1.90. The van der Waals surface area contributed by atoms with E-state index in [-0.39, 0.29) is 0 Å². The number of aromatic nitrogens is 2. The lowest BCUT2D eigenvalue weighted by Crippen LogP contribution is -2.06. The number of rotatable bonds is 4. The van der Waals surface area contributed by atoms with Gasteiger partial charge in [-0.1, -0.05) is 11.6 Å². The lowest BCUT2D eigenvalue weighted by molar-refractivity contribution is 0.806. The molecule has 3 nitrogen and oxygen atoms in total. The molecule has 2 aromatic rings. The van der Waals surface area contributed by atoms with Gasteiger partial charge in [-0.05, 0) is 63.1 Å². The molecule has 0 aliphatic heterocycles. The van der Waals surface area contributed by atoms with Crippen LogP contribution in [0.3, 0.4) is 0 Å². The molecule has 0 radical (unpaired) electrons. The number of hydrogen-bond donors (Lipinski definition) is 1. The van der Waals surface area contributed by atoms with Crippen molar-refractivity contribution in [1.82, 2.24) is 9.97 Å². The topological polar surface area (TPSA) is 51.8 Å². The lowest BCUT2D eigenvalue weighted by atomic mass is 10.1. The zero-order chi connectivity index (χ0) is 13.8. The van der Waals surface area contributed by atoms with Gasteiger partial charge in [0.2, 0.25) is 0 Å². The minimum absolute atomic E-state index is 0.692. The molecule has 2 rings (SSSR count). The van der Waals surface area contributed by atoms with Crippen LogP contribution in [0.25, 0.3) is 11.4 Å². The normalized spacial score (nSPS) is 10.7. The Bertz CT molecular complexity index is 541. The second kappa shape index (κ2) is 6.13. The molecule has 0 fully saturated rings. The first-order valence-electron chi connectivity index (χ1n) is 6.42. The quantitative estimate of drug-likeness (QED) is 0.931. The van der Waals surface area contributed by atoms with Crippen LogP contribution in [0.2, 0.25) is 5.02 Å². The fourth-order valence-electron chi connectivity index (χ4n) is 2.11. The number of aryl methyl sites for hydroxylation is 2. The SMILES string of the molecule is Cc1nc(-c2ccc(Cl)cc2)nc(C)c1CCCN. The van der Waals surface area contributed by atoms with Crippen molar-refractivity contribution in [1.29, 1.82) is 0 Å². The molecule has 0 saturated heterocycles. The summed E-state index contributed by atoms with van der Waals surface area (Å²) in [5.74, 6) is 0.753. The van der Waals surface area contributed by atoms with Crippen LogP contribution >= 0.6 is 11.6 Å². The van der Waals surface area contributed by atoms with E-state index in [1.54, 1.807) is 0 Å². The Kier molecular flexibility index (Phi) is 4.51. The van der Waals surface area contributed by atoms with Crippen LogP contribution < -0.4 is 5.73 Å². The van der Waals surface area contributed by atoms with Gasteiger partial charge in [-0.25, -0.2) is 9.97 Å². The standard InChI is InChI=1S/C15H18ClN3/c1-10-14(4-3-9-17)11(2)19-15(18-10)12-5-7-13(16)8-6-12/h5-8H,3-4,9,17H2,1-2H3. The summed E-state index contributed by atoms with van der Waals surface area (Å²) in [6, 6.07) is 7.59. The van der Waals surface area contributed by atoms with Gasteiger partial charge >= 0.3 is 0 Å². The molecule has 100 valence electrons. The second-order valence-electron chi connectivity index (χ2n) is 4.60. The van der Waals surface area contributed by atoms with E-state index in [9.17, 15) is 0 Å². The van der Waals surface area contributed by atoms with Gasteiger partial charge in [0.15, 0.2) is 5.82 Å². The Morgan fingerprint density at radius 3 is 2.16 bits per heavy atom. The van der Waals surface area contributed by atoms with E-state index in [1.165, 1.54) is 5.56 Å². The molecule has 4 heteroatoms. The van der Waals surface area contributed by atoms with Crippen molar-refractivity contribution in [3.05, 3.63) is 46.2 Å². The van der Waals surface area contributed by atoms with E-state index in [4.69, 9.17) is 17.3 Å². The molecule has 0 bridgehead atoms. The van der Waals surface area contributed by atoms with Gasteiger partial charge in [-0.15, -0.1) is 0 Å². The van der Waals surface area contributed by atoms with E-state index in [2.05, 4.69) is 9.97 Å². The molecule has 0 aliphatic rings. The number of halogens is 1. The average Bonchev–Trinajstić information content (AvgIpc) is 2.38. The highest BCUT2D eigenvalue weighted by molar-refractivity contribution is 6.30. The molecule has 0 unspecified atom stereocenters. The molecule has 0 atom stereocenters. The predicted octanol–water partition coefficient (Wildman–Crippen LogP) is 3.31. The monoisotopic (exact) mass is 275 g/mol. The Morgan fingerprint density at radius 1 is 1.05 bits per heavy atom. The zero-order valence-electron chi connectivity index (χ0n) is 11.3. The van der Waals surface area contributed by atoms with Crippen molar-refractivity contribution < 1.29 is 0 Å². The molecule has 19 heavy (non-hydrogen) atoms. The van der Waals surface area contributed by atoms with Gasteiger partial charge in [0.25, 0.3) is 0 Å². The van der Waals surface area contributed by atoms with Gasteiger partial charge in [0.1, 0.15) is 0 Å². The molecule has 0 spiro atoms. The third-order valence-electron chi connectivity index (χ3n) is 3.15. The van der Waals surface area contributed by atoms with Crippen molar-refractivity contribution in [2.75, 3.05) is 6.54 Å². The lowest BCUT2D eigenvalue weighted by Gasteiger charge is -2.10. The minimum Gasteiger partial charge on any atom is -0.330 e. The first-order valence-corrected chi connectivity index (χ1v) is 6.79. The summed E-state index contributed by atoms with van der Waals surface area (Å²) in [4.78, 5) is 9.18. The van der Waals surface area contributed by atoms with E-state index < -0.39 is 0 Å². The van der Waals surface area contributed by atoms with Crippen molar-refractivity contribution in [3.63, 3.8) is 0 Å². The highest BCUT2D eigenvalue weighted by Crippen LogP contribution is 2.21. The van der Waals surface area contributed by atoms with E-state index >= 15 is 0 Å². The molecule has 0 aliphatic carbocycles. The maximum atomic E-state index is 5.89. The summed E-state index contributed by atoms with van der Waals surface area (Å²) >= 11 is 5.89. The molecular weight excluding hydrogens is 258 g/mol. The third-order valence-corrected chi connectivity index (χ3v) is 3.41. The first kappa shape index (κ1) is 14.0. The summed E-state index contributed by atoms with van der Waals surface area (Å²) in [7, 11) is 0. The van der Waals surface area contributed by atoms with Gasteiger partial charge in [0, 0.05) is 22.0 Å². The average molecular weight is 276 g/mol. The van der Waals surface area contributed by atoms with Crippen molar-refractivity contribution in [2.24, 2.45) is 5.73 Å². The molecule has 2 N–H and O–H groups in total. The molecule has 0 amide bonds. The smallest absolute Gasteiger partial charge is 0.159 e. The van der Waals surface area contributed by atoms with E-state index in [0.717, 1.165) is 40.6 Å². The summed E-state index contributed by atoms with van der Waals surface area (Å²) < 4.78 is 0. The van der Waals surface area contributed by atoms with Gasteiger partial charge < -0.3 is 5.73 Å². The van der Waals surface area contributed by atoms with Gasteiger partial charge in [-0.2, -0.15) is 0 Å². The van der Waals surface area contributed by atoms with Crippen LogP contribution in [0.5, 0.6) is 0 Å². The maximum Gasteiger partial charge on any atom is 0.159 e. The fraction of sp³-hybridized carbons (Fsp3) is 0.333. The highest BCUT2D eigenvalue weighted by Gasteiger charge is 2.09. The number of hydrogen-bond acceptors (Lipinski definition) is 3. The molecule has 1 heterocycles. The number of nitrogens with zero attached hydrogens (tertiary/aromatic N) is 2. The Labute approximate surface area is 118 Å². The zero-order valence-corrected chi connectivity index (χ0v) is 12.0. The largest absolute Gasteiger partial charge is 0.330 e. The fourth-order valence-corrected chi connectivity index (χ4v) is 2.23. The van der Waals surface area contributed by atoms with Crippen LogP contribution in [0.15, 0.2) is 24.3 Å². The van der Waals surface area contributed by atoms with Crippen molar-refractivity contribution in [2.45, 2.75) is 26.7 Å². The Morgan fingerprint density at radius 2 is 1.63 bits per heavy atom. The van der Waals surface area contributed by atoms with Crippen LogP contribution in [-0.2, 0) is 6.42 Å². The Balaban J connectivity index is 2.36. The maximum absolute atomic E-state index is 5.89. The van der Waals surface area contributed by atoms with E-state index in [1.807, 2.05) is 38.1 Å². The van der Waals surface area contributed by atoms with Gasteiger partial charge in [0.05, 0.1) is 0 Å². The van der Waals surface area contributed by atoms with Crippen molar-refractivity contribution >= 4 is 11.6 Å². The third kappa shape index (κ3) is 3.31. The van der Waals surface area contributed by atoms with Crippen LogP contribution in [-0.4, -0.2) is 16.5 Å². The van der Waals surface area contributed by atoms with Crippen LogP contribution in [0, 0.1) is 13.8 Å². The predicted molar refractivity (Wildman–Crippen MR) is 79.3 cm³/mol. The number of nitrogens with two attached hydrogens (primary N) is 1. The first-order chi connectivity index (χ1) is 9.11. The van der Waals surface area contributed by atoms with Crippen LogP contribution in [0.1, 0.15) is 23.4 Å².